The van der Waals surface area contributed by atoms with Crippen molar-refractivity contribution in [3.63, 3.8) is 0 Å². The quantitative estimate of drug-likeness (QED) is 0.581. The van der Waals surface area contributed by atoms with E-state index in [4.69, 9.17) is 4.42 Å². The van der Waals surface area contributed by atoms with E-state index < -0.39 is 0 Å². The Kier molecular flexibility index (Phi) is 6.06. The van der Waals surface area contributed by atoms with Gasteiger partial charge in [0.25, 0.3) is 5.91 Å². The van der Waals surface area contributed by atoms with Crippen LogP contribution in [-0.4, -0.2) is 53.8 Å². The lowest BCUT2D eigenvalue weighted by atomic mass is 9.97. The zero-order chi connectivity index (χ0) is 21.1. The molecule has 1 unspecified atom stereocenters. The molecule has 0 spiro atoms. The number of benzene rings is 2. The lowest BCUT2D eigenvalue weighted by Crippen LogP contribution is -2.42. The number of hydrogen-bond acceptors (Lipinski definition) is 5. The Hall–Kier alpha value is -2.83. The number of hydrogen-bond donors (Lipinski definition) is 3. The zero-order valence-electron chi connectivity index (χ0n) is 17.2. The van der Waals surface area contributed by atoms with Crippen molar-refractivity contribution >= 4 is 16.9 Å². The molecule has 2 heterocycles. The Morgan fingerprint density at radius 1 is 1.20 bits per heavy atom. The second-order valence-corrected chi connectivity index (χ2v) is 7.81. The summed E-state index contributed by atoms with van der Waals surface area (Å²) in [5.41, 5.74) is 2.55. The van der Waals surface area contributed by atoms with Gasteiger partial charge >= 0.3 is 0 Å². The first kappa shape index (κ1) is 20.4. The average Bonchev–Trinajstić information content (AvgIpc) is 3.18. The third-order valence-corrected chi connectivity index (χ3v) is 6.04. The van der Waals surface area contributed by atoms with Crippen LogP contribution in [-0.2, 0) is 6.42 Å². The summed E-state index contributed by atoms with van der Waals surface area (Å²) in [6, 6.07) is 13.0. The standard InChI is InChI=1S/C24H28N2O4/c1-25-24(29)22-21-18(12-14-26-13-6-5-9-17(26)15-27)19(28)10-11-20(21)30-23(22)16-7-3-2-4-8-16/h2-4,7-8,10-11,17,27-28H,5-6,9,12-15H2,1H3,(H,25,29). The number of amides is 1. The summed E-state index contributed by atoms with van der Waals surface area (Å²) in [4.78, 5) is 15.1. The smallest absolute Gasteiger partial charge is 0.255 e. The van der Waals surface area contributed by atoms with Crippen LogP contribution >= 0.6 is 0 Å². The Labute approximate surface area is 176 Å². The highest BCUT2D eigenvalue weighted by atomic mass is 16.3. The van der Waals surface area contributed by atoms with Crippen LogP contribution in [0.3, 0.4) is 0 Å². The van der Waals surface area contributed by atoms with Crippen LogP contribution in [0, 0.1) is 0 Å². The van der Waals surface area contributed by atoms with Gasteiger partial charge in [-0.05, 0) is 37.9 Å². The number of aliphatic hydroxyl groups excluding tert-OH is 1. The first-order valence-corrected chi connectivity index (χ1v) is 10.5. The predicted molar refractivity (Wildman–Crippen MR) is 117 cm³/mol. The summed E-state index contributed by atoms with van der Waals surface area (Å²) in [5, 5.41) is 23.8. The van der Waals surface area contributed by atoms with Crippen LogP contribution in [0.1, 0.15) is 35.2 Å². The van der Waals surface area contributed by atoms with Crippen molar-refractivity contribution in [2.45, 2.75) is 31.7 Å². The van der Waals surface area contributed by atoms with Gasteiger partial charge in [0, 0.05) is 36.1 Å². The van der Waals surface area contributed by atoms with E-state index >= 15 is 0 Å². The van der Waals surface area contributed by atoms with Gasteiger partial charge < -0.3 is 19.9 Å². The number of carbonyl (C=O) groups excluding carboxylic acids is 1. The van der Waals surface area contributed by atoms with Crippen molar-refractivity contribution in [1.29, 1.82) is 0 Å². The molecule has 158 valence electrons. The summed E-state index contributed by atoms with van der Waals surface area (Å²) in [5.74, 6) is 0.416. The lowest BCUT2D eigenvalue weighted by Gasteiger charge is -2.34. The normalized spacial score (nSPS) is 17.3. The Morgan fingerprint density at radius 3 is 2.73 bits per heavy atom. The van der Waals surface area contributed by atoms with Gasteiger partial charge in [0.15, 0.2) is 0 Å². The molecule has 30 heavy (non-hydrogen) atoms. The van der Waals surface area contributed by atoms with E-state index in [1.54, 1.807) is 19.2 Å². The molecule has 1 amide bonds. The summed E-state index contributed by atoms with van der Waals surface area (Å²) in [7, 11) is 1.60. The highest BCUT2D eigenvalue weighted by Gasteiger charge is 2.26. The Bertz CT molecular complexity index is 1030. The number of aromatic hydroxyl groups is 1. The summed E-state index contributed by atoms with van der Waals surface area (Å²) in [6.45, 7) is 1.78. The molecule has 6 heteroatoms. The third-order valence-electron chi connectivity index (χ3n) is 6.04. The van der Waals surface area contributed by atoms with E-state index in [0.717, 1.165) is 31.4 Å². The van der Waals surface area contributed by atoms with Crippen molar-refractivity contribution in [2.24, 2.45) is 0 Å². The van der Waals surface area contributed by atoms with E-state index in [0.29, 0.717) is 40.8 Å². The first-order valence-electron chi connectivity index (χ1n) is 10.5. The van der Waals surface area contributed by atoms with Crippen molar-refractivity contribution in [3.05, 3.63) is 53.6 Å². The average molecular weight is 408 g/mol. The number of phenols is 1. The fraction of sp³-hybridized carbons (Fsp3) is 0.375. The van der Waals surface area contributed by atoms with Crippen LogP contribution in [0.25, 0.3) is 22.3 Å². The molecule has 4 rings (SSSR count). The summed E-state index contributed by atoms with van der Waals surface area (Å²) in [6.07, 6.45) is 3.79. The number of aliphatic hydroxyl groups is 1. The van der Waals surface area contributed by atoms with E-state index in [-0.39, 0.29) is 24.3 Å². The van der Waals surface area contributed by atoms with E-state index in [1.807, 2.05) is 30.3 Å². The molecule has 1 saturated heterocycles. The molecular formula is C24H28N2O4. The second kappa shape index (κ2) is 8.90. The van der Waals surface area contributed by atoms with Gasteiger partial charge in [-0.25, -0.2) is 0 Å². The molecule has 0 radical (unpaired) electrons. The number of nitrogens with one attached hydrogen (secondary N) is 1. The maximum absolute atomic E-state index is 12.9. The molecule has 1 aliphatic rings. The van der Waals surface area contributed by atoms with Gasteiger partial charge in [-0.1, -0.05) is 36.8 Å². The fourth-order valence-electron chi connectivity index (χ4n) is 4.45. The number of phenolic OH excluding ortho intramolecular Hbond substituents is 1. The second-order valence-electron chi connectivity index (χ2n) is 7.81. The highest BCUT2D eigenvalue weighted by molar-refractivity contribution is 6.12. The molecular weight excluding hydrogens is 380 g/mol. The Morgan fingerprint density at radius 2 is 2.00 bits per heavy atom. The summed E-state index contributed by atoms with van der Waals surface area (Å²) < 4.78 is 6.11. The van der Waals surface area contributed by atoms with Gasteiger partial charge in [0.05, 0.1) is 12.2 Å². The van der Waals surface area contributed by atoms with Gasteiger partial charge in [0.1, 0.15) is 17.1 Å². The molecule has 3 aromatic rings. The monoisotopic (exact) mass is 408 g/mol. The molecule has 0 saturated carbocycles. The van der Waals surface area contributed by atoms with Crippen LogP contribution in [0.4, 0.5) is 0 Å². The third kappa shape index (κ3) is 3.80. The minimum Gasteiger partial charge on any atom is -0.508 e. The van der Waals surface area contributed by atoms with Gasteiger partial charge in [-0.2, -0.15) is 0 Å². The minimum absolute atomic E-state index is 0.142. The van der Waals surface area contributed by atoms with Crippen LogP contribution in [0.2, 0.25) is 0 Å². The summed E-state index contributed by atoms with van der Waals surface area (Å²) >= 11 is 0. The number of fused-ring (bicyclic) bond motifs is 1. The molecule has 1 atom stereocenters. The molecule has 1 aromatic heterocycles. The number of likely N-dealkylation sites (tertiary alicyclic amines) is 1. The van der Waals surface area contributed by atoms with E-state index in [1.165, 1.54) is 0 Å². The predicted octanol–water partition coefficient (Wildman–Crippen LogP) is 3.55. The molecule has 3 N–H and O–H groups in total. The van der Waals surface area contributed by atoms with E-state index in [9.17, 15) is 15.0 Å². The lowest BCUT2D eigenvalue weighted by molar-refractivity contribution is 0.0913. The largest absolute Gasteiger partial charge is 0.508 e. The van der Waals surface area contributed by atoms with Crippen molar-refractivity contribution in [3.8, 4) is 17.1 Å². The van der Waals surface area contributed by atoms with E-state index in [2.05, 4.69) is 10.2 Å². The molecule has 2 aromatic carbocycles. The molecule has 1 fully saturated rings. The first-order chi connectivity index (χ1) is 14.6. The SMILES string of the molecule is CNC(=O)c1c(-c2ccccc2)oc2ccc(O)c(CCN3CCCCC3CO)c12. The Balaban J connectivity index is 1.78. The van der Waals surface area contributed by atoms with Crippen molar-refractivity contribution < 1.29 is 19.4 Å². The number of nitrogens with zero attached hydrogens (tertiary/aromatic N) is 1. The number of rotatable bonds is 6. The van der Waals surface area contributed by atoms with Crippen LogP contribution < -0.4 is 5.32 Å². The maximum Gasteiger partial charge on any atom is 0.255 e. The van der Waals surface area contributed by atoms with Gasteiger partial charge in [-0.3, -0.25) is 9.69 Å². The highest BCUT2D eigenvalue weighted by Crippen LogP contribution is 2.39. The molecule has 0 aliphatic carbocycles. The molecule has 6 nitrogen and oxygen atoms in total. The zero-order valence-corrected chi connectivity index (χ0v) is 17.2. The minimum atomic E-state index is -0.245. The van der Waals surface area contributed by atoms with Crippen LogP contribution in [0.15, 0.2) is 46.9 Å². The van der Waals surface area contributed by atoms with Crippen molar-refractivity contribution in [2.75, 3.05) is 26.7 Å². The maximum atomic E-state index is 12.9. The topological polar surface area (TPSA) is 85.9 Å². The molecule has 1 aliphatic heterocycles. The fourth-order valence-corrected chi connectivity index (χ4v) is 4.45. The van der Waals surface area contributed by atoms with Gasteiger partial charge in [0.2, 0.25) is 0 Å². The van der Waals surface area contributed by atoms with Gasteiger partial charge in [-0.15, -0.1) is 0 Å². The molecule has 0 bridgehead atoms. The number of furan rings is 1. The van der Waals surface area contributed by atoms with Crippen LogP contribution in [0.5, 0.6) is 5.75 Å². The number of piperidine rings is 1. The van der Waals surface area contributed by atoms with Crippen molar-refractivity contribution in [1.82, 2.24) is 10.2 Å². The number of carbonyl (C=O) groups is 1.